The molecule has 0 aliphatic carbocycles. The molecule has 2 aromatic heterocycles. The smallest absolute Gasteiger partial charge is 0.193 e. The summed E-state index contributed by atoms with van der Waals surface area (Å²) < 4.78 is 1.82. The van der Waals surface area contributed by atoms with Crippen LogP contribution in [0, 0.1) is 0 Å². The lowest BCUT2D eigenvalue weighted by atomic mass is 10.2. The van der Waals surface area contributed by atoms with E-state index in [9.17, 15) is 0 Å². The Morgan fingerprint density at radius 1 is 1.21 bits per heavy atom. The van der Waals surface area contributed by atoms with E-state index < -0.39 is 0 Å². The van der Waals surface area contributed by atoms with Crippen molar-refractivity contribution in [1.29, 1.82) is 0 Å². The number of nitrogens with one attached hydrogen (secondary N) is 1. The SMILES string of the molecule is CN=C(NCc1ccnc(N2CCCCCC2)c1)N(C)Cc1cnn(C)c1.I. The van der Waals surface area contributed by atoms with Crippen LogP contribution < -0.4 is 10.2 Å². The molecule has 2 aromatic rings. The molecule has 0 radical (unpaired) electrons. The molecule has 1 aliphatic heterocycles. The number of hydrogen-bond donors (Lipinski definition) is 1. The molecule has 8 heteroatoms. The van der Waals surface area contributed by atoms with Crippen molar-refractivity contribution in [3.63, 3.8) is 0 Å². The summed E-state index contributed by atoms with van der Waals surface area (Å²) in [5.41, 5.74) is 2.38. The lowest BCUT2D eigenvalue weighted by Crippen LogP contribution is -2.38. The van der Waals surface area contributed by atoms with Crippen LogP contribution in [0.5, 0.6) is 0 Å². The molecule has 0 bridgehead atoms. The van der Waals surface area contributed by atoms with Crippen LogP contribution in [0.2, 0.25) is 0 Å². The van der Waals surface area contributed by atoms with E-state index >= 15 is 0 Å². The van der Waals surface area contributed by atoms with Gasteiger partial charge in [-0.15, -0.1) is 24.0 Å². The van der Waals surface area contributed by atoms with E-state index in [1.807, 2.05) is 44.4 Å². The number of aryl methyl sites for hydroxylation is 1. The molecular weight excluding hydrogens is 465 g/mol. The van der Waals surface area contributed by atoms with Crippen molar-refractivity contribution in [2.24, 2.45) is 12.0 Å². The maximum absolute atomic E-state index is 4.59. The molecule has 3 heterocycles. The fourth-order valence-corrected chi connectivity index (χ4v) is 3.51. The summed E-state index contributed by atoms with van der Waals surface area (Å²) in [7, 11) is 5.79. The predicted octanol–water partition coefficient (Wildman–Crippen LogP) is 3.02. The normalized spacial score (nSPS) is 15.0. The van der Waals surface area contributed by atoms with E-state index in [1.54, 1.807) is 0 Å². The van der Waals surface area contributed by atoms with Gasteiger partial charge in [-0.2, -0.15) is 5.10 Å². The van der Waals surface area contributed by atoms with Crippen molar-refractivity contribution >= 4 is 35.8 Å². The zero-order chi connectivity index (χ0) is 19.1. The molecule has 154 valence electrons. The zero-order valence-corrected chi connectivity index (χ0v) is 19.5. The minimum atomic E-state index is 0. The summed E-state index contributed by atoms with van der Waals surface area (Å²) in [5.74, 6) is 1.96. The first-order valence-electron chi connectivity index (χ1n) is 9.75. The van der Waals surface area contributed by atoms with Crippen LogP contribution in [0.1, 0.15) is 36.8 Å². The van der Waals surface area contributed by atoms with Gasteiger partial charge >= 0.3 is 0 Å². The zero-order valence-electron chi connectivity index (χ0n) is 17.1. The number of halogens is 1. The van der Waals surface area contributed by atoms with E-state index in [0.29, 0.717) is 0 Å². The second-order valence-electron chi connectivity index (χ2n) is 7.20. The van der Waals surface area contributed by atoms with Gasteiger partial charge in [-0.05, 0) is 30.5 Å². The molecule has 0 saturated carbocycles. The average Bonchev–Trinajstić information content (AvgIpc) is 2.92. The molecule has 28 heavy (non-hydrogen) atoms. The van der Waals surface area contributed by atoms with E-state index in [0.717, 1.165) is 43.5 Å². The Morgan fingerprint density at radius 2 is 1.96 bits per heavy atom. The van der Waals surface area contributed by atoms with Crippen LogP contribution >= 0.6 is 24.0 Å². The summed E-state index contributed by atoms with van der Waals surface area (Å²) in [6.45, 7) is 3.72. The third kappa shape index (κ3) is 6.35. The lowest BCUT2D eigenvalue weighted by molar-refractivity contribution is 0.476. The Hall–Kier alpha value is -1.84. The van der Waals surface area contributed by atoms with Gasteiger partial charge in [-0.3, -0.25) is 9.67 Å². The molecule has 0 atom stereocenters. The fourth-order valence-electron chi connectivity index (χ4n) is 3.51. The highest BCUT2D eigenvalue weighted by Crippen LogP contribution is 2.18. The van der Waals surface area contributed by atoms with E-state index in [2.05, 4.69) is 42.3 Å². The number of pyridine rings is 1. The van der Waals surface area contributed by atoms with Gasteiger partial charge in [0, 0.05) is 65.3 Å². The summed E-state index contributed by atoms with van der Waals surface area (Å²) in [6, 6.07) is 4.27. The summed E-state index contributed by atoms with van der Waals surface area (Å²) in [6.07, 6.45) is 11.0. The van der Waals surface area contributed by atoms with E-state index in [-0.39, 0.29) is 24.0 Å². The Kier molecular flexibility index (Phi) is 9.01. The van der Waals surface area contributed by atoms with Gasteiger partial charge in [-0.1, -0.05) is 12.8 Å². The minimum absolute atomic E-state index is 0. The van der Waals surface area contributed by atoms with Gasteiger partial charge < -0.3 is 15.1 Å². The van der Waals surface area contributed by atoms with Crippen LogP contribution in [0.3, 0.4) is 0 Å². The first-order valence-corrected chi connectivity index (χ1v) is 9.75. The molecule has 0 amide bonds. The summed E-state index contributed by atoms with van der Waals surface area (Å²) >= 11 is 0. The molecule has 1 saturated heterocycles. The van der Waals surface area contributed by atoms with Crippen molar-refractivity contribution in [1.82, 2.24) is 25.0 Å². The van der Waals surface area contributed by atoms with Gasteiger partial charge in [0.25, 0.3) is 0 Å². The highest BCUT2D eigenvalue weighted by molar-refractivity contribution is 14.0. The number of aliphatic imine (C=N–C) groups is 1. The Bertz CT molecular complexity index is 751. The van der Waals surface area contributed by atoms with Gasteiger partial charge in [0.1, 0.15) is 5.82 Å². The standard InChI is InChI=1S/C20H31N7.HI/c1-21-20(25(2)15-18-14-24-26(3)16-18)23-13-17-8-9-22-19(12-17)27-10-6-4-5-7-11-27;/h8-9,12,14,16H,4-7,10-11,13,15H2,1-3H3,(H,21,23);1H. The number of nitrogens with zero attached hydrogens (tertiary/aromatic N) is 6. The van der Waals surface area contributed by atoms with Crippen LogP contribution in [0.25, 0.3) is 0 Å². The first-order chi connectivity index (χ1) is 13.2. The Balaban J connectivity index is 0.00000280. The predicted molar refractivity (Wildman–Crippen MR) is 125 cm³/mol. The van der Waals surface area contributed by atoms with Gasteiger partial charge in [0.2, 0.25) is 0 Å². The molecule has 1 N–H and O–H groups in total. The number of guanidine groups is 1. The van der Waals surface area contributed by atoms with E-state index in [4.69, 9.17) is 0 Å². The molecule has 0 spiro atoms. The average molecular weight is 497 g/mol. The van der Waals surface area contributed by atoms with Gasteiger partial charge in [-0.25, -0.2) is 4.98 Å². The van der Waals surface area contributed by atoms with Crippen molar-refractivity contribution in [2.45, 2.75) is 38.8 Å². The van der Waals surface area contributed by atoms with Crippen molar-refractivity contribution in [3.05, 3.63) is 41.9 Å². The molecule has 0 unspecified atom stereocenters. The molecule has 0 aromatic carbocycles. The number of hydrogen-bond acceptors (Lipinski definition) is 4. The van der Waals surface area contributed by atoms with E-state index in [1.165, 1.54) is 31.2 Å². The molecule has 3 rings (SSSR count). The number of rotatable bonds is 5. The molecule has 7 nitrogen and oxygen atoms in total. The minimum Gasteiger partial charge on any atom is -0.357 e. The Morgan fingerprint density at radius 3 is 2.61 bits per heavy atom. The number of aromatic nitrogens is 3. The van der Waals surface area contributed by atoms with Crippen molar-refractivity contribution in [2.75, 3.05) is 32.1 Å². The lowest BCUT2D eigenvalue weighted by Gasteiger charge is -2.23. The number of anilines is 1. The van der Waals surface area contributed by atoms with Crippen LogP contribution in [-0.4, -0.2) is 52.8 Å². The topological polar surface area (TPSA) is 61.6 Å². The quantitative estimate of drug-likeness (QED) is 0.391. The van der Waals surface area contributed by atoms with Gasteiger partial charge in [0.15, 0.2) is 5.96 Å². The van der Waals surface area contributed by atoms with Crippen molar-refractivity contribution in [3.8, 4) is 0 Å². The first kappa shape index (κ1) is 22.4. The monoisotopic (exact) mass is 497 g/mol. The highest BCUT2D eigenvalue weighted by atomic mass is 127. The van der Waals surface area contributed by atoms with Crippen molar-refractivity contribution < 1.29 is 0 Å². The van der Waals surface area contributed by atoms with Crippen LogP contribution in [0.15, 0.2) is 35.7 Å². The van der Waals surface area contributed by atoms with Gasteiger partial charge in [0.05, 0.1) is 6.20 Å². The largest absolute Gasteiger partial charge is 0.357 e. The second kappa shape index (κ2) is 11.2. The fraction of sp³-hybridized carbons (Fsp3) is 0.550. The Labute approximate surface area is 185 Å². The third-order valence-electron chi connectivity index (χ3n) is 4.94. The highest BCUT2D eigenvalue weighted by Gasteiger charge is 2.12. The molecule has 1 aliphatic rings. The van der Waals surface area contributed by atoms with Crippen LogP contribution in [0.4, 0.5) is 5.82 Å². The maximum Gasteiger partial charge on any atom is 0.193 e. The molecule has 1 fully saturated rings. The maximum atomic E-state index is 4.59. The molecular formula is C20H32IN7. The second-order valence-corrected chi connectivity index (χ2v) is 7.20. The third-order valence-corrected chi connectivity index (χ3v) is 4.94. The summed E-state index contributed by atoms with van der Waals surface area (Å²) in [5, 5.41) is 7.68. The summed E-state index contributed by atoms with van der Waals surface area (Å²) in [4.78, 5) is 13.5. The van der Waals surface area contributed by atoms with Crippen LogP contribution in [-0.2, 0) is 20.1 Å².